The highest BCUT2D eigenvalue weighted by Crippen LogP contribution is 2.20. The molecule has 124 valence electrons. The maximum absolute atomic E-state index is 12.3. The lowest BCUT2D eigenvalue weighted by molar-refractivity contribution is -0.275. The number of aromatic nitrogens is 2. The van der Waals surface area contributed by atoms with Gasteiger partial charge in [-0.2, -0.15) is 0 Å². The molecule has 1 atom stereocenters. The van der Waals surface area contributed by atoms with Gasteiger partial charge in [0.15, 0.2) is 5.75 Å². The number of anilines is 1. The van der Waals surface area contributed by atoms with Crippen molar-refractivity contribution in [3.05, 3.63) is 47.0 Å². The molecule has 8 heteroatoms. The number of hydrogen-bond acceptors (Lipinski definition) is 4. The first-order valence-electron chi connectivity index (χ1n) is 7.00. The monoisotopic (exact) mass is 327 g/mol. The number of nitrogens with one attached hydrogen (secondary N) is 1. The predicted molar refractivity (Wildman–Crippen MR) is 79.9 cm³/mol. The Bertz CT molecular complexity index is 711. The van der Waals surface area contributed by atoms with Gasteiger partial charge in [0.2, 0.25) is 0 Å². The van der Waals surface area contributed by atoms with E-state index in [0.29, 0.717) is 11.5 Å². The number of ether oxygens (including phenoxy) is 1. The Balaban J connectivity index is 2.28. The van der Waals surface area contributed by atoms with E-state index in [-0.39, 0.29) is 6.04 Å². The fourth-order valence-corrected chi connectivity index (χ4v) is 1.85. The summed E-state index contributed by atoms with van der Waals surface area (Å²) in [6, 6.07) is 5.76. The van der Waals surface area contributed by atoms with Crippen LogP contribution in [-0.2, 0) is 0 Å². The highest BCUT2D eigenvalue weighted by molar-refractivity contribution is 5.42. The second-order valence-electron chi connectivity index (χ2n) is 4.95. The van der Waals surface area contributed by atoms with Gasteiger partial charge in [-0.25, -0.2) is 4.98 Å². The van der Waals surface area contributed by atoms with Crippen molar-refractivity contribution < 1.29 is 17.9 Å². The zero-order valence-electron chi connectivity index (χ0n) is 12.6. The smallest absolute Gasteiger partial charge is 0.400 e. The molecule has 0 aliphatic carbocycles. The molecule has 0 fully saturated rings. The van der Waals surface area contributed by atoms with Crippen LogP contribution in [0.5, 0.6) is 5.75 Å². The van der Waals surface area contributed by atoms with Crippen LogP contribution in [-0.4, -0.2) is 22.0 Å². The Labute approximate surface area is 130 Å². The predicted octanol–water partition coefficient (Wildman–Crippen LogP) is 3.34. The minimum absolute atomic E-state index is 0.236. The van der Waals surface area contributed by atoms with E-state index in [1.54, 1.807) is 12.1 Å². The summed E-state index contributed by atoms with van der Waals surface area (Å²) in [5.74, 6) is -0.166. The minimum Gasteiger partial charge on any atom is -0.400 e. The van der Waals surface area contributed by atoms with Gasteiger partial charge in [-0.15, -0.1) is 13.2 Å². The third-order valence-electron chi connectivity index (χ3n) is 3.17. The van der Waals surface area contributed by atoms with Crippen LogP contribution in [0, 0.1) is 0 Å². The molecule has 0 amide bonds. The molecule has 2 rings (SSSR count). The number of alkyl halides is 3. The molecule has 0 aliphatic rings. The fourth-order valence-electron chi connectivity index (χ4n) is 1.85. The molecular weight excluding hydrogens is 311 g/mol. The van der Waals surface area contributed by atoms with Crippen LogP contribution in [0.3, 0.4) is 0 Å². The Kier molecular flexibility index (Phi) is 4.92. The van der Waals surface area contributed by atoms with E-state index < -0.39 is 17.7 Å². The van der Waals surface area contributed by atoms with Crippen LogP contribution < -0.4 is 15.6 Å². The Morgan fingerprint density at radius 3 is 2.65 bits per heavy atom. The second-order valence-corrected chi connectivity index (χ2v) is 4.95. The molecule has 0 bridgehead atoms. The molecule has 0 spiro atoms. The first kappa shape index (κ1) is 16.9. The molecule has 1 N–H and O–H groups in total. The molecule has 2 aromatic heterocycles. The largest absolute Gasteiger partial charge is 0.573 e. The summed E-state index contributed by atoms with van der Waals surface area (Å²) < 4.78 is 41.6. The van der Waals surface area contributed by atoms with Crippen LogP contribution in [0.15, 0.2) is 41.5 Å². The van der Waals surface area contributed by atoms with Crippen LogP contribution in [0.1, 0.15) is 20.3 Å². The van der Waals surface area contributed by atoms with Gasteiger partial charge < -0.3 is 10.1 Å². The lowest BCUT2D eigenvalue weighted by Gasteiger charge is -2.13. The highest BCUT2D eigenvalue weighted by Gasteiger charge is 2.32. The van der Waals surface area contributed by atoms with Gasteiger partial charge in [-0.1, -0.05) is 6.92 Å². The van der Waals surface area contributed by atoms with Gasteiger partial charge >= 0.3 is 6.36 Å². The molecule has 0 aromatic carbocycles. The van der Waals surface area contributed by atoms with E-state index in [1.807, 2.05) is 13.8 Å². The van der Waals surface area contributed by atoms with Crippen molar-refractivity contribution in [3.63, 3.8) is 0 Å². The number of hydrogen-bond donors (Lipinski definition) is 1. The molecule has 1 unspecified atom stereocenters. The van der Waals surface area contributed by atoms with Crippen molar-refractivity contribution in [2.75, 3.05) is 5.32 Å². The molecular formula is C15H16F3N3O2. The lowest BCUT2D eigenvalue weighted by Crippen LogP contribution is -2.26. The maximum Gasteiger partial charge on any atom is 0.573 e. The van der Waals surface area contributed by atoms with E-state index >= 15 is 0 Å². The summed E-state index contributed by atoms with van der Waals surface area (Å²) in [6.07, 6.45) is -1.24. The molecule has 23 heavy (non-hydrogen) atoms. The van der Waals surface area contributed by atoms with Crippen LogP contribution in [0.2, 0.25) is 0 Å². The summed E-state index contributed by atoms with van der Waals surface area (Å²) in [6.45, 7) is 4.02. The highest BCUT2D eigenvalue weighted by atomic mass is 19.4. The first-order valence-corrected chi connectivity index (χ1v) is 7.00. The first-order chi connectivity index (χ1) is 10.8. The van der Waals surface area contributed by atoms with E-state index in [4.69, 9.17) is 0 Å². The Hall–Kier alpha value is -2.51. The van der Waals surface area contributed by atoms with Crippen molar-refractivity contribution in [3.8, 4) is 11.4 Å². The summed E-state index contributed by atoms with van der Waals surface area (Å²) in [7, 11) is 0. The summed E-state index contributed by atoms with van der Waals surface area (Å²) in [5, 5.41) is 3.16. The molecule has 2 aromatic rings. The summed E-state index contributed by atoms with van der Waals surface area (Å²) >= 11 is 0. The van der Waals surface area contributed by atoms with E-state index in [1.165, 1.54) is 18.5 Å². The quantitative estimate of drug-likeness (QED) is 0.915. The number of rotatable bonds is 5. The molecule has 0 saturated heterocycles. The van der Waals surface area contributed by atoms with Crippen LogP contribution in [0.4, 0.5) is 19.0 Å². The molecule has 0 radical (unpaired) electrons. The van der Waals surface area contributed by atoms with Gasteiger partial charge in [0.05, 0.1) is 11.9 Å². The average molecular weight is 327 g/mol. The van der Waals surface area contributed by atoms with Crippen molar-refractivity contribution in [1.29, 1.82) is 0 Å². The molecule has 5 nitrogen and oxygen atoms in total. The maximum atomic E-state index is 12.3. The Morgan fingerprint density at radius 1 is 1.35 bits per heavy atom. The van der Waals surface area contributed by atoms with Crippen LogP contribution >= 0.6 is 0 Å². The number of nitrogens with zero attached hydrogens (tertiary/aromatic N) is 2. The topological polar surface area (TPSA) is 56.2 Å². The van der Waals surface area contributed by atoms with E-state index in [0.717, 1.165) is 17.1 Å². The normalized spacial score (nSPS) is 12.7. The van der Waals surface area contributed by atoms with Gasteiger partial charge in [0, 0.05) is 12.2 Å². The third-order valence-corrected chi connectivity index (χ3v) is 3.17. The van der Waals surface area contributed by atoms with Gasteiger partial charge in [0.25, 0.3) is 5.56 Å². The van der Waals surface area contributed by atoms with Gasteiger partial charge in [-0.05, 0) is 37.6 Å². The molecule has 0 saturated carbocycles. The standard InChI is InChI=1S/C15H16F3N3O2/c1-3-10(2)20-13-7-6-11(9-19-13)21-8-4-5-12(14(21)22)23-15(16,17)18/h4-10H,3H2,1-2H3,(H,19,20). The zero-order valence-corrected chi connectivity index (χ0v) is 12.6. The van der Waals surface area contributed by atoms with E-state index in [2.05, 4.69) is 15.0 Å². The van der Waals surface area contributed by atoms with Crippen molar-refractivity contribution >= 4 is 5.82 Å². The zero-order chi connectivity index (χ0) is 17.0. The fraction of sp³-hybridized carbons (Fsp3) is 0.333. The number of halogens is 3. The Morgan fingerprint density at radius 2 is 2.09 bits per heavy atom. The van der Waals surface area contributed by atoms with Crippen molar-refractivity contribution in [1.82, 2.24) is 9.55 Å². The van der Waals surface area contributed by atoms with Crippen molar-refractivity contribution in [2.24, 2.45) is 0 Å². The second kappa shape index (κ2) is 6.72. The minimum atomic E-state index is -4.92. The van der Waals surface area contributed by atoms with Crippen LogP contribution in [0.25, 0.3) is 5.69 Å². The summed E-state index contributed by atoms with van der Waals surface area (Å²) in [5.41, 5.74) is -0.563. The average Bonchev–Trinajstić information content (AvgIpc) is 2.49. The van der Waals surface area contributed by atoms with Gasteiger partial charge in [0.1, 0.15) is 5.82 Å². The number of pyridine rings is 2. The SMILES string of the molecule is CCC(C)Nc1ccc(-n2cccc(OC(F)(F)F)c2=O)cn1. The molecule has 2 heterocycles. The summed E-state index contributed by atoms with van der Waals surface area (Å²) in [4.78, 5) is 16.2. The van der Waals surface area contributed by atoms with Crippen molar-refractivity contribution in [2.45, 2.75) is 32.7 Å². The molecule has 0 aliphatic heterocycles. The third kappa shape index (κ3) is 4.48. The lowest BCUT2D eigenvalue weighted by atomic mass is 10.2. The van der Waals surface area contributed by atoms with E-state index in [9.17, 15) is 18.0 Å². The van der Waals surface area contributed by atoms with Gasteiger partial charge in [-0.3, -0.25) is 9.36 Å².